The second-order valence-corrected chi connectivity index (χ2v) is 5.18. The van der Waals surface area contributed by atoms with Crippen molar-refractivity contribution in [2.75, 3.05) is 12.5 Å². The smallest absolute Gasteiger partial charge is 0.198 e. The number of carbonyl (C=O) groups is 1. The molecular formula is C14H13NOS2. The van der Waals surface area contributed by atoms with Crippen molar-refractivity contribution in [3.8, 4) is 6.07 Å². The number of hydrogen-bond donors (Lipinski definition) is 0. The fourth-order valence-corrected chi connectivity index (χ4v) is 2.68. The lowest BCUT2D eigenvalue weighted by atomic mass is 10.1. The Morgan fingerprint density at radius 1 is 1.22 bits per heavy atom. The second-order valence-electron chi connectivity index (χ2n) is 3.29. The van der Waals surface area contributed by atoms with E-state index >= 15 is 0 Å². The van der Waals surface area contributed by atoms with Crippen molar-refractivity contribution in [1.29, 1.82) is 5.26 Å². The number of ketones is 1. The van der Waals surface area contributed by atoms with Gasteiger partial charge in [-0.1, -0.05) is 36.4 Å². The van der Waals surface area contributed by atoms with Crippen LogP contribution in [0.3, 0.4) is 0 Å². The second kappa shape index (κ2) is 7.80. The minimum atomic E-state index is -0.250. The molecule has 0 fully saturated rings. The van der Waals surface area contributed by atoms with Gasteiger partial charge in [0.1, 0.15) is 11.6 Å². The Morgan fingerprint density at radius 2 is 1.83 bits per heavy atom. The predicted molar refractivity (Wildman–Crippen MR) is 80.2 cm³/mol. The first-order chi connectivity index (χ1) is 8.72. The van der Waals surface area contributed by atoms with Crippen molar-refractivity contribution < 1.29 is 4.79 Å². The lowest BCUT2D eigenvalue weighted by molar-refractivity contribution is -0.110. The van der Waals surface area contributed by atoms with Crippen LogP contribution in [0.15, 0.2) is 46.2 Å². The van der Waals surface area contributed by atoms with E-state index in [1.807, 2.05) is 48.9 Å². The number of benzene rings is 1. The molecule has 0 spiro atoms. The lowest BCUT2D eigenvalue weighted by Gasteiger charge is -2.01. The Morgan fingerprint density at radius 3 is 2.33 bits per heavy atom. The third kappa shape index (κ3) is 4.10. The van der Waals surface area contributed by atoms with Gasteiger partial charge in [-0.3, -0.25) is 4.79 Å². The first kappa shape index (κ1) is 14.6. The van der Waals surface area contributed by atoms with Crippen LogP contribution in [0.1, 0.15) is 5.56 Å². The molecule has 1 aromatic carbocycles. The summed E-state index contributed by atoms with van der Waals surface area (Å²) in [4.78, 5) is 11.9. The Balaban J connectivity index is 2.92. The van der Waals surface area contributed by atoms with E-state index < -0.39 is 0 Å². The highest BCUT2D eigenvalue weighted by Gasteiger charge is 2.11. The van der Waals surface area contributed by atoms with E-state index in [2.05, 4.69) is 0 Å². The number of thioether (sulfide) groups is 2. The summed E-state index contributed by atoms with van der Waals surface area (Å²) in [6.45, 7) is 0. The summed E-state index contributed by atoms with van der Waals surface area (Å²) in [7, 11) is 0. The molecule has 0 heterocycles. The quantitative estimate of drug-likeness (QED) is 0.606. The van der Waals surface area contributed by atoms with Gasteiger partial charge in [0.05, 0.1) is 4.24 Å². The highest BCUT2D eigenvalue weighted by molar-refractivity contribution is 8.21. The Bertz CT molecular complexity index is 506. The van der Waals surface area contributed by atoms with Crippen LogP contribution in [0.2, 0.25) is 0 Å². The average Bonchev–Trinajstić information content (AvgIpc) is 2.43. The van der Waals surface area contributed by atoms with E-state index in [0.29, 0.717) is 0 Å². The van der Waals surface area contributed by atoms with Crippen molar-refractivity contribution in [2.24, 2.45) is 0 Å². The lowest BCUT2D eigenvalue weighted by Crippen LogP contribution is -1.98. The number of hydrogen-bond acceptors (Lipinski definition) is 4. The third-order valence-corrected chi connectivity index (χ3v) is 4.31. The molecular weight excluding hydrogens is 262 g/mol. The standard InChI is InChI=1S/C14H13NOS2/c1-17-14(18-2)12(10-15)13(16)9-8-11-6-4-3-5-7-11/h3-9H,1-2H3. The van der Waals surface area contributed by atoms with E-state index in [1.54, 1.807) is 6.08 Å². The van der Waals surface area contributed by atoms with Crippen LogP contribution in [0.25, 0.3) is 6.08 Å². The van der Waals surface area contributed by atoms with Gasteiger partial charge in [0.2, 0.25) is 0 Å². The summed E-state index contributed by atoms with van der Waals surface area (Å²) in [5.74, 6) is -0.250. The molecule has 4 heteroatoms. The van der Waals surface area contributed by atoms with Crippen molar-refractivity contribution in [3.05, 3.63) is 51.8 Å². The fourth-order valence-electron chi connectivity index (χ4n) is 1.31. The molecule has 0 saturated heterocycles. The van der Waals surface area contributed by atoms with E-state index in [1.165, 1.54) is 29.6 Å². The first-order valence-corrected chi connectivity index (χ1v) is 7.67. The number of nitrogens with zero attached hydrogens (tertiary/aromatic N) is 1. The molecule has 0 amide bonds. The van der Waals surface area contributed by atoms with Gasteiger partial charge < -0.3 is 0 Å². The molecule has 0 N–H and O–H groups in total. The van der Waals surface area contributed by atoms with E-state index in [4.69, 9.17) is 5.26 Å². The summed E-state index contributed by atoms with van der Waals surface area (Å²) in [6.07, 6.45) is 6.88. The molecule has 0 bridgehead atoms. The molecule has 0 aliphatic heterocycles. The van der Waals surface area contributed by atoms with Gasteiger partial charge in [-0.05, 0) is 24.2 Å². The Kier molecular flexibility index (Phi) is 6.34. The van der Waals surface area contributed by atoms with Crippen LogP contribution in [0.4, 0.5) is 0 Å². The molecule has 92 valence electrons. The minimum absolute atomic E-state index is 0.210. The molecule has 0 saturated carbocycles. The van der Waals surface area contributed by atoms with Crippen molar-refractivity contribution in [1.82, 2.24) is 0 Å². The molecule has 18 heavy (non-hydrogen) atoms. The molecule has 1 aromatic rings. The van der Waals surface area contributed by atoms with E-state index in [9.17, 15) is 4.79 Å². The molecule has 0 atom stereocenters. The SMILES string of the molecule is CSC(SC)=C(C#N)C(=O)C=Cc1ccccc1. The highest BCUT2D eigenvalue weighted by atomic mass is 32.2. The summed E-state index contributed by atoms with van der Waals surface area (Å²) in [6, 6.07) is 11.5. The van der Waals surface area contributed by atoms with Gasteiger partial charge >= 0.3 is 0 Å². The number of carbonyl (C=O) groups excluding carboxylic acids is 1. The zero-order valence-electron chi connectivity index (χ0n) is 10.2. The third-order valence-electron chi connectivity index (χ3n) is 2.16. The Labute approximate surface area is 116 Å². The first-order valence-electron chi connectivity index (χ1n) is 5.22. The topological polar surface area (TPSA) is 40.9 Å². The zero-order valence-corrected chi connectivity index (χ0v) is 11.8. The van der Waals surface area contributed by atoms with Gasteiger partial charge in [0.15, 0.2) is 5.78 Å². The Hall–Kier alpha value is -1.44. The van der Waals surface area contributed by atoms with Gasteiger partial charge in [0.25, 0.3) is 0 Å². The van der Waals surface area contributed by atoms with Gasteiger partial charge in [-0.2, -0.15) is 5.26 Å². The van der Waals surface area contributed by atoms with Gasteiger partial charge in [-0.15, -0.1) is 23.5 Å². The van der Waals surface area contributed by atoms with E-state index in [0.717, 1.165) is 9.80 Å². The van der Waals surface area contributed by atoms with Crippen molar-refractivity contribution >= 4 is 35.4 Å². The maximum atomic E-state index is 11.9. The average molecular weight is 275 g/mol. The number of nitriles is 1. The zero-order chi connectivity index (χ0) is 13.4. The van der Waals surface area contributed by atoms with Gasteiger partial charge in [0, 0.05) is 0 Å². The molecule has 1 rings (SSSR count). The molecule has 2 nitrogen and oxygen atoms in total. The summed E-state index contributed by atoms with van der Waals surface area (Å²) in [5.41, 5.74) is 1.15. The van der Waals surface area contributed by atoms with Crippen molar-refractivity contribution in [3.63, 3.8) is 0 Å². The largest absolute Gasteiger partial charge is 0.288 e. The van der Waals surface area contributed by atoms with Crippen molar-refractivity contribution in [2.45, 2.75) is 0 Å². The predicted octanol–water partition coefficient (Wildman–Crippen LogP) is 3.73. The summed E-state index contributed by atoms with van der Waals surface area (Å²) < 4.78 is 0.750. The number of allylic oxidation sites excluding steroid dienone is 2. The molecule has 0 aliphatic rings. The maximum Gasteiger partial charge on any atom is 0.198 e. The molecule has 0 unspecified atom stereocenters. The summed E-state index contributed by atoms with van der Waals surface area (Å²) >= 11 is 2.84. The molecule has 0 radical (unpaired) electrons. The van der Waals surface area contributed by atoms with Crippen LogP contribution in [0, 0.1) is 11.3 Å². The van der Waals surface area contributed by atoms with Crippen LogP contribution in [-0.2, 0) is 4.79 Å². The number of rotatable bonds is 5. The van der Waals surface area contributed by atoms with Crippen LogP contribution in [0.5, 0.6) is 0 Å². The fraction of sp³-hybridized carbons (Fsp3) is 0.143. The van der Waals surface area contributed by atoms with Crippen LogP contribution < -0.4 is 0 Å². The van der Waals surface area contributed by atoms with Crippen LogP contribution >= 0.6 is 23.5 Å². The minimum Gasteiger partial charge on any atom is -0.288 e. The summed E-state index contributed by atoms with van der Waals surface area (Å²) in [5, 5.41) is 9.04. The molecule has 0 aliphatic carbocycles. The monoisotopic (exact) mass is 275 g/mol. The van der Waals surface area contributed by atoms with Gasteiger partial charge in [-0.25, -0.2) is 0 Å². The highest BCUT2D eigenvalue weighted by Crippen LogP contribution is 2.27. The van der Waals surface area contributed by atoms with E-state index in [-0.39, 0.29) is 11.4 Å². The molecule has 0 aromatic heterocycles. The van der Waals surface area contributed by atoms with Crippen LogP contribution in [-0.4, -0.2) is 18.3 Å². The normalized spacial score (nSPS) is 10.1. The maximum absolute atomic E-state index is 11.9.